The second-order valence-electron chi connectivity index (χ2n) is 3.93. The number of nitrogens with two attached hydrogens (primary N) is 1. The van der Waals surface area contributed by atoms with Crippen molar-refractivity contribution in [3.63, 3.8) is 0 Å². The maximum absolute atomic E-state index is 12.7. The Morgan fingerprint density at radius 1 is 1.38 bits per heavy atom. The molecule has 1 rings (SSSR count). The fraction of sp³-hybridized carbons (Fsp3) is 0.778. The van der Waals surface area contributed by atoms with E-state index in [0.29, 0.717) is 12.2 Å². The molecule has 0 fully saturated rings. The zero-order valence-electron chi connectivity index (χ0n) is 9.47. The Balaban J connectivity index is 3.13. The van der Waals surface area contributed by atoms with E-state index in [2.05, 4.69) is 10.1 Å². The summed E-state index contributed by atoms with van der Waals surface area (Å²) in [6.07, 6.45) is -3.23. The molecule has 0 radical (unpaired) electrons. The molecule has 1 atom stereocenters. The van der Waals surface area contributed by atoms with Crippen LogP contribution >= 0.6 is 0 Å². The van der Waals surface area contributed by atoms with Gasteiger partial charge in [-0.05, 0) is 13.3 Å². The molecule has 1 heterocycles. The molecule has 0 amide bonds. The quantitative estimate of drug-likeness (QED) is 0.865. The number of aromatic nitrogens is 3. The third-order valence-electron chi connectivity index (χ3n) is 2.33. The van der Waals surface area contributed by atoms with Gasteiger partial charge in [0.05, 0.1) is 0 Å². The highest BCUT2D eigenvalue weighted by Gasteiger charge is 2.52. The van der Waals surface area contributed by atoms with E-state index in [0.717, 1.165) is 18.0 Å². The highest BCUT2D eigenvalue weighted by molar-refractivity contribution is 5.09. The van der Waals surface area contributed by atoms with E-state index in [1.165, 1.54) is 7.05 Å². The summed E-state index contributed by atoms with van der Waals surface area (Å²) in [5.41, 5.74) is 2.81. The molecule has 0 aliphatic rings. The molecule has 92 valence electrons. The second kappa shape index (κ2) is 4.04. The molecular weight excluding hydrogens is 221 g/mol. The molecule has 7 heteroatoms. The van der Waals surface area contributed by atoms with Crippen molar-refractivity contribution in [3.05, 3.63) is 11.6 Å². The summed E-state index contributed by atoms with van der Waals surface area (Å²) in [5, 5.41) is 3.91. The number of hydrogen-bond donors (Lipinski definition) is 1. The lowest BCUT2D eigenvalue weighted by atomic mass is 10.0. The standard InChI is InChI=1S/C9H15F3N4/c1-4-5-6-14-7(16(3)15-6)8(2,13)9(10,11)12/h4-5,13H2,1-3H3. The van der Waals surface area contributed by atoms with Gasteiger partial charge in [-0.3, -0.25) is 4.68 Å². The third kappa shape index (κ3) is 2.18. The lowest BCUT2D eigenvalue weighted by molar-refractivity contribution is -0.187. The first-order chi connectivity index (χ1) is 7.20. The first-order valence-electron chi connectivity index (χ1n) is 4.96. The van der Waals surface area contributed by atoms with Crippen molar-refractivity contribution in [1.29, 1.82) is 0 Å². The van der Waals surface area contributed by atoms with Gasteiger partial charge in [0, 0.05) is 13.5 Å². The predicted octanol–water partition coefficient (Wildman–Crippen LogP) is 1.50. The number of rotatable bonds is 3. The normalized spacial score (nSPS) is 16.2. The van der Waals surface area contributed by atoms with Gasteiger partial charge in [0.1, 0.15) is 0 Å². The number of halogens is 3. The van der Waals surface area contributed by atoms with Gasteiger partial charge in [-0.15, -0.1) is 0 Å². The molecule has 0 aliphatic heterocycles. The highest BCUT2D eigenvalue weighted by atomic mass is 19.4. The Morgan fingerprint density at radius 2 is 1.94 bits per heavy atom. The van der Waals surface area contributed by atoms with Gasteiger partial charge in [-0.1, -0.05) is 6.92 Å². The summed E-state index contributed by atoms with van der Waals surface area (Å²) in [6.45, 7) is 2.80. The smallest absolute Gasteiger partial charge is 0.311 e. The van der Waals surface area contributed by atoms with Crippen LogP contribution in [0.25, 0.3) is 0 Å². The van der Waals surface area contributed by atoms with Crippen molar-refractivity contribution in [2.45, 2.75) is 38.4 Å². The van der Waals surface area contributed by atoms with Crippen molar-refractivity contribution < 1.29 is 13.2 Å². The van der Waals surface area contributed by atoms with Gasteiger partial charge in [-0.2, -0.15) is 18.3 Å². The molecule has 1 aromatic heterocycles. The summed E-state index contributed by atoms with van der Waals surface area (Å²) in [4.78, 5) is 3.84. The molecule has 1 aromatic rings. The Kier molecular flexibility index (Phi) is 3.27. The third-order valence-corrected chi connectivity index (χ3v) is 2.33. The molecular formula is C9H15F3N4. The Morgan fingerprint density at radius 3 is 2.38 bits per heavy atom. The van der Waals surface area contributed by atoms with E-state index < -0.39 is 11.7 Å². The van der Waals surface area contributed by atoms with Crippen LogP contribution in [0, 0.1) is 0 Å². The van der Waals surface area contributed by atoms with Crippen LogP contribution in [0.5, 0.6) is 0 Å². The molecule has 0 aliphatic carbocycles. The first kappa shape index (κ1) is 13.0. The molecule has 16 heavy (non-hydrogen) atoms. The van der Waals surface area contributed by atoms with Crippen molar-refractivity contribution in [1.82, 2.24) is 14.8 Å². The van der Waals surface area contributed by atoms with Crippen LogP contribution in [0.15, 0.2) is 0 Å². The van der Waals surface area contributed by atoms with E-state index in [1.807, 2.05) is 6.92 Å². The van der Waals surface area contributed by atoms with Gasteiger partial charge in [0.2, 0.25) is 0 Å². The average molecular weight is 236 g/mol. The Labute approximate surface area is 91.6 Å². The lowest BCUT2D eigenvalue weighted by Gasteiger charge is -2.25. The van der Waals surface area contributed by atoms with Crippen molar-refractivity contribution in [2.24, 2.45) is 12.8 Å². The van der Waals surface area contributed by atoms with Crippen molar-refractivity contribution >= 4 is 0 Å². The summed E-state index contributed by atoms with van der Waals surface area (Å²) < 4.78 is 39.2. The average Bonchev–Trinajstić information content (AvgIpc) is 2.46. The molecule has 0 saturated heterocycles. The topological polar surface area (TPSA) is 56.7 Å². The van der Waals surface area contributed by atoms with Crippen LogP contribution in [0.1, 0.15) is 31.9 Å². The van der Waals surface area contributed by atoms with Gasteiger partial charge in [0.15, 0.2) is 17.2 Å². The zero-order chi connectivity index (χ0) is 12.6. The van der Waals surface area contributed by atoms with E-state index >= 15 is 0 Å². The Bertz CT molecular complexity index is 367. The van der Waals surface area contributed by atoms with Crippen molar-refractivity contribution in [2.75, 3.05) is 0 Å². The van der Waals surface area contributed by atoms with Gasteiger partial charge in [0.25, 0.3) is 0 Å². The van der Waals surface area contributed by atoms with Crippen molar-refractivity contribution in [3.8, 4) is 0 Å². The summed E-state index contributed by atoms with van der Waals surface area (Å²) in [5.74, 6) is 0.129. The molecule has 0 bridgehead atoms. The molecule has 0 aromatic carbocycles. The lowest BCUT2D eigenvalue weighted by Crippen LogP contribution is -2.49. The van der Waals surface area contributed by atoms with E-state index in [1.54, 1.807) is 0 Å². The monoisotopic (exact) mass is 236 g/mol. The fourth-order valence-corrected chi connectivity index (χ4v) is 1.35. The molecule has 0 saturated carbocycles. The minimum absolute atomic E-state index is 0.261. The summed E-state index contributed by atoms with van der Waals surface area (Å²) in [7, 11) is 1.42. The number of nitrogens with zero attached hydrogens (tertiary/aromatic N) is 3. The van der Waals surface area contributed by atoms with Gasteiger partial charge in [-0.25, -0.2) is 4.98 Å². The van der Waals surface area contributed by atoms with E-state index in [4.69, 9.17) is 5.73 Å². The minimum atomic E-state index is -4.54. The summed E-state index contributed by atoms with van der Waals surface area (Å²) >= 11 is 0. The van der Waals surface area contributed by atoms with Crippen LogP contribution in [0.3, 0.4) is 0 Å². The second-order valence-corrected chi connectivity index (χ2v) is 3.93. The molecule has 2 N–H and O–H groups in total. The Hall–Kier alpha value is -1.11. The molecule has 1 unspecified atom stereocenters. The maximum atomic E-state index is 12.7. The van der Waals surface area contributed by atoms with Crippen LogP contribution in [-0.4, -0.2) is 20.9 Å². The predicted molar refractivity (Wildman–Crippen MR) is 52.6 cm³/mol. The van der Waals surface area contributed by atoms with Crippen LogP contribution in [-0.2, 0) is 19.0 Å². The minimum Gasteiger partial charge on any atom is -0.311 e. The largest absolute Gasteiger partial charge is 0.413 e. The van der Waals surface area contributed by atoms with Crippen LogP contribution in [0.2, 0.25) is 0 Å². The van der Waals surface area contributed by atoms with Crippen LogP contribution < -0.4 is 5.73 Å². The van der Waals surface area contributed by atoms with E-state index in [9.17, 15) is 13.2 Å². The number of aryl methyl sites for hydroxylation is 2. The number of hydrogen-bond acceptors (Lipinski definition) is 3. The van der Waals surface area contributed by atoms with Gasteiger partial charge >= 0.3 is 6.18 Å². The first-order valence-corrected chi connectivity index (χ1v) is 4.96. The molecule has 4 nitrogen and oxygen atoms in total. The fourth-order valence-electron chi connectivity index (χ4n) is 1.35. The van der Waals surface area contributed by atoms with Crippen LogP contribution in [0.4, 0.5) is 13.2 Å². The zero-order valence-corrected chi connectivity index (χ0v) is 9.47. The van der Waals surface area contributed by atoms with Gasteiger partial charge < -0.3 is 5.73 Å². The highest BCUT2D eigenvalue weighted by Crippen LogP contribution is 2.35. The maximum Gasteiger partial charge on any atom is 0.413 e. The summed E-state index contributed by atoms with van der Waals surface area (Å²) in [6, 6.07) is 0. The van der Waals surface area contributed by atoms with E-state index in [-0.39, 0.29) is 5.82 Å². The number of alkyl halides is 3. The molecule has 0 spiro atoms. The SMILES string of the molecule is CCCc1nc(C(C)(N)C(F)(F)F)n(C)n1.